The molecule has 2 aromatic rings. The summed E-state index contributed by atoms with van der Waals surface area (Å²) in [5.41, 5.74) is 3.27. The number of aromatic nitrogens is 2. The fourth-order valence-electron chi connectivity index (χ4n) is 7.44. The van der Waals surface area contributed by atoms with E-state index < -0.39 is 0 Å². The van der Waals surface area contributed by atoms with Crippen molar-refractivity contribution in [3.63, 3.8) is 0 Å². The van der Waals surface area contributed by atoms with E-state index in [1.165, 1.54) is 43.2 Å². The summed E-state index contributed by atoms with van der Waals surface area (Å²) >= 11 is 0. The van der Waals surface area contributed by atoms with Gasteiger partial charge in [-0.3, -0.25) is 0 Å². The zero-order valence-corrected chi connectivity index (χ0v) is 21.8. The third-order valence-electron chi connectivity index (χ3n) is 9.01. The predicted octanol–water partition coefficient (Wildman–Crippen LogP) is 5.82. The summed E-state index contributed by atoms with van der Waals surface area (Å²) in [7, 11) is 0. The van der Waals surface area contributed by atoms with Gasteiger partial charge in [-0.1, -0.05) is 37.3 Å². The molecular formula is C30H40N6. The average Bonchev–Trinajstić information content (AvgIpc) is 2.88. The van der Waals surface area contributed by atoms with Crippen LogP contribution in [0.2, 0.25) is 0 Å². The summed E-state index contributed by atoms with van der Waals surface area (Å²) in [5.74, 6) is 3.56. The standard InChI is InChI=1S/C30H40N6/c1-4-8-26(5-2)35-27-23-11-21-12-24(27)15-30(13-21,14-23)19-34-28-25(16-31)18-33-29(36-28)32-17-22-10-7-6-9-20(22)3/h4,6-7,9-10,18,21,23-24,26-27,35H,1,5,8,11-15,17,19H2,2-3H3,(H2,32,33,34,36)/t21?,23-,24+,26?,27-,30?. The highest BCUT2D eigenvalue weighted by molar-refractivity contribution is 5.53. The Kier molecular flexibility index (Phi) is 7.29. The molecule has 6 heteroatoms. The smallest absolute Gasteiger partial charge is 0.224 e. The Hall–Kier alpha value is -2.91. The van der Waals surface area contributed by atoms with Gasteiger partial charge in [0.25, 0.3) is 0 Å². The largest absolute Gasteiger partial charge is 0.368 e. The molecule has 6 atom stereocenters. The molecule has 4 bridgehead atoms. The van der Waals surface area contributed by atoms with E-state index in [4.69, 9.17) is 4.98 Å². The molecule has 1 aromatic heterocycles. The van der Waals surface area contributed by atoms with E-state index in [9.17, 15) is 5.26 Å². The number of nitriles is 1. The minimum Gasteiger partial charge on any atom is -0.368 e. The van der Waals surface area contributed by atoms with E-state index in [1.54, 1.807) is 6.20 Å². The first-order chi connectivity index (χ1) is 17.5. The van der Waals surface area contributed by atoms with Crippen LogP contribution in [0.4, 0.5) is 11.8 Å². The van der Waals surface area contributed by atoms with Crippen LogP contribution in [0.15, 0.2) is 43.1 Å². The predicted molar refractivity (Wildman–Crippen MR) is 146 cm³/mol. The lowest BCUT2D eigenvalue weighted by atomic mass is 9.48. The number of nitrogens with one attached hydrogen (secondary N) is 3. The zero-order valence-electron chi connectivity index (χ0n) is 21.8. The molecule has 3 unspecified atom stereocenters. The van der Waals surface area contributed by atoms with Crippen molar-refractivity contribution in [3.05, 3.63) is 59.8 Å². The lowest BCUT2D eigenvalue weighted by Crippen LogP contribution is -2.61. The lowest BCUT2D eigenvalue weighted by molar-refractivity contribution is -0.0720. The Bertz CT molecular complexity index is 1100. The molecule has 0 spiro atoms. The van der Waals surface area contributed by atoms with E-state index in [0.29, 0.717) is 41.4 Å². The van der Waals surface area contributed by atoms with E-state index >= 15 is 0 Å². The first kappa shape index (κ1) is 24.8. The Labute approximate surface area is 216 Å². The Morgan fingerprint density at radius 2 is 1.97 bits per heavy atom. The summed E-state index contributed by atoms with van der Waals surface area (Å²) in [6, 6.07) is 11.8. The van der Waals surface area contributed by atoms with Crippen LogP contribution in [0.5, 0.6) is 0 Å². The quantitative estimate of drug-likeness (QED) is 0.349. The SMILES string of the molecule is C=CCC(CC)N[C@@H]1[C@@H]2CC3C[C@H]1CC(CNc1nc(NCc4ccccc4C)ncc1C#N)(C3)C2. The molecule has 0 radical (unpaired) electrons. The van der Waals surface area contributed by atoms with Gasteiger partial charge in [0, 0.05) is 25.2 Å². The molecule has 0 saturated heterocycles. The maximum Gasteiger partial charge on any atom is 0.224 e. The van der Waals surface area contributed by atoms with E-state index in [0.717, 1.165) is 37.1 Å². The topological polar surface area (TPSA) is 85.7 Å². The van der Waals surface area contributed by atoms with Crippen LogP contribution < -0.4 is 16.0 Å². The number of hydrogen-bond acceptors (Lipinski definition) is 6. The van der Waals surface area contributed by atoms with Crippen LogP contribution in [0.1, 0.15) is 68.6 Å². The molecule has 4 fully saturated rings. The van der Waals surface area contributed by atoms with E-state index in [2.05, 4.69) is 65.6 Å². The molecule has 1 aromatic carbocycles. The molecule has 1 heterocycles. The Morgan fingerprint density at radius 1 is 1.19 bits per heavy atom. The van der Waals surface area contributed by atoms with Crippen LogP contribution in [-0.4, -0.2) is 28.6 Å². The molecule has 6 nitrogen and oxygen atoms in total. The van der Waals surface area contributed by atoms with Gasteiger partial charge in [-0.05, 0) is 86.2 Å². The number of nitrogens with zero attached hydrogens (tertiary/aromatic N) is 3. The first-order valence-electron chi connectivity index (χ1n) is 13.7. The van der Waals surface area contributed by atoms with Gasteiger partial charge < -0.3 is 16.0 Å². The second kappa shape index (κ2) is 10.6. The molecular weight excluding hydrogens is 444 g/mol. The van der Waals surface area contributed by atoms with Crippen LogP contribution in [-0.2, 0) is 6.54 Å². The summed E-state index contributed by atoms with van der Waals surface area (Å²) in [6.45, 7) is 9.89. The fourth-order valence-corrected chi connectivity index (χ4v) is 7.44. The molecule has 4 aliphatic carbocycles. The minimum absolute atomic E-state index is 0.307. The Morgan fingerprint density at radius 3 is 2.67 bits per heavy atom. The molecule has 6 rings (SSSR count). The molecule has 4 aliphatic rings. The maximum atomic E-state index is 9.69. The molecule has 36 heavy (non-hydrogen) atoms. The first-order valence-corrected chi connectivity index (χ1v) is 13.7. The van der Waals surface area contributed by atoms with Crippen LogP contribution in [0, 0.1) is 41.4 Å². The zero-order chi connectivity index (χ0) is 25.1. The van der Waals surface area contributed by atoms with E-state index in [1.807, 2.05) is 12.1 Å². The molecule has 190 valence electrons. The average molecular weight is 485 g/mol. The highest BCUT2D eigenvalue weighted by Crippen LogP contribution is 2.60. The monoisotopic (exact) mass is 484 g/mol. The van der Waals surface area contributed by atoms with Crippen molar-refractivity contribution < 1.29 is 0 Å². The molecule has 0 aliphatic heterocycles. The fraction of sp³-hybridized carbons (Fsp3) is 0.567. The van der Waals surface area contributed by atoms with Gasteiger partial charge in [-0.2, -0.15) is 10.2 Å². The molecule has 4 saturated carbocycles. The van der Waals surface area contributed by atoms with Gasteiger partial charge in [0.15, 0.2) is 0 Å². The van der Waals surface area contributed by atoms with Crippen molar-refractivity contribution in [3.8, 4) is 6.07 Å². The van der Waals surface area contributed by atoms with Crippen molar-refractivity contribution in [2.45, 2.75) is 77.4 Å². The second-order valence-electron chi connectivity index (χ2n) is 11.5. The summed E-state index contributed by atoms with van der Waals surface area (Å²) in [6.07, 6.45) is 12.5. The third-order valence-corrected chi connectivity index (χ3v) is 9.01. The van der Waals surface area contributed by atoms with Gasteiger partial charge in [0.2, 0.25) is 5.95 Å². The van der Waals surface area contributed by atoms with Crippen molar-refractivity contribution in [2.75, 3.05) is 17.2 Å². The molecule has 0 amide bonds. The van der Waals surface area contributed by atoms with Crippen molar-refractivity contribution >= 4 is 11.8 Å². The summed E-state index contributed by atoms with van der Waals surface area (Å²) < 4.78 is 0. The van der Waals surface area contributed by atoms with Crippen LogP contribution >= 0.6 is 0 Å². The van der Waals surface area contributed by atoms with Crippen molar-refractivity contribution in [1.29, 1.82) is 5.26 Å². The number of benzene rings is 1. The summed E-state index contributed by atoms with van der Waals surface area (Å²) in [4.78, 5) is 9.10. The summed E-state index contributed by atoms with van der Waals surface area (Å²) in [5, 5.41) is 20.7. The number of anilines is 2. The lowest BCUT2D eigenvalue weighted by Gasteiger charge is -2.61. The number of rotatable bonds is 11. The van der Waals surface area contributed by atoms with Crippen molar-refractivity contribution in [2.24, 2.45) is 23.2 Å². The van der Waals surface area contributed by atoms with Gasteiger partial charge in [-0.15, -0.1) is 6.58 Å². The number of hydrogen-bond donors (Lipinski definition) is 3. The molecule has 3 N–H and O–H groups in total. The van der Waals surface area contributed by atoms with Crippen LogP contribution in [0.3, 0.4) is 0 Å². The highest BCUT2D eigenvalue weighted by atomic mass is 15.1. The van der Waals surface area contributed by atoms with Gasteiger partial charge in [-0.25, -0.2) is 4.98 Å². The van der Waals surface area contributed by atoms with Gasteiger partial charge >= 0.3 is 0 Å². The minimum atomic E-state index is 0.307. The normalized spacial score (nSPS) is 28.9. The number of aryl methyl sites for hydroxylation is 1. The van der Waals surface area contributed by atoms with E-state index in [-0.39, 0.29) is 0 Å². The van der Waals surface area contributed by atoms with Gasteiger partial charge in [0.1, 0.15) is 17.5 Å². The highest BCUT2D eigenvalue weighted by Gasteiger charge is 2.55. The second-order valence-corrected chi connectivity index (χ2v) is 11.5. The van der Waals surface area contributed by atoms with Crippen molar-refractivity contribution in [1.82, 2.24) is 15.3 Å². The van der Waals surface area contributed by atoms with Crippen LogP contribution in [0.25, 0.3) is 0 Å². The third kappa shape index (κ3) is 5.13. The van der Waals surface area contributed by atoms with Gasteiger partial charge in [0.05, 0.1) is 6.20 Å². The maximum absolute atomic E-state index is 9.69. The Balaban J connectivity index is 1.25.